The summed E-state index contributed by atoms with van der Waals surface area (Å²) >= 11 is 0. The Kier molecular flexibility index (Phi) is 5.35. The summed E-state index contributed by atoms with van der Waals surface area (Å²) < 4.78 is 12.0. The van der Waals surface area contributed by atoms with Crippen molar-refractivity contribution in [1.29, 1.82) is 0 Å². The average molecular weight is 367 g/mol. The fourth-order valence-corrected chi connectivity index (χ4v) is 2.57. The molecule has 2 aromatic carbocycles. The standard InChI is InChI=1S/C19H21N5O3/c1-12-5-6-15(7-13(12)2)24-18(21-22-23-24)11-20-19(25)14-8-16(26-3)10-17(9-14)27-4/h5-10H,11H2,1-4H3,(H,20,25). The second-order valence-corrected chi connectivity index (χ2v) is 6.06. The first-order valence-electron chi connectivity index (χ1n) is 8.38. The van der Waals surface area contributed by atoms with Crippen molar-refractivity contribution in [2.75, 3.05) is 14.2 Å². The van der Waals surface area contributed by atoms with Gasteiger partial charge < -0.3 is 14.8 Å². The van der Waals surface area contributed by atoms with Crippen molar-refractivity contribution in [1.82, 2.24) is 25.5 Å². The van der Waals surface area contributed by atoms with Crippen LogP contribution in [0.4, 0.5) is 0 Å². The molecule has 0 fully saturated rings. The molecule has 1 N–H and O–H groups in total. The van der Waals surface area contributed by atoms with Crippen molar-refractivity contribution < 1.29 is 14.3 Å². The van der Waals surface area contributed by atoms with Gasteiger partial charge in [0, 0.05) is 11.6 Å². The fourth-order valence-electron chi connectivity index (χ4n) is 2.57. The molecule has 0 unspecified atom stereocenters. The second-order valence-electron chi connectivity index (χ2n) is 6.06. The summed E-state index contributed by atoms with van der Waals surface area (Å²) in [5.41, 5.74) is 3.60. The molecule has 0 saturated carbocycles. The zero-order valence-electron chi connectivity index (χ0n) is 15.7. The third-order valence-electron chi connectivity index (χ3n) is 4.29. The molecule has 1 amide bonds. The number of benzene rings is 2. The van der Waals surface area contributed by atoms with E-state index in [0.717, 1.165) is 11.3 Å². The van der Waals surface area contributed by atoms with E-state index in [-0.39, 0.29) is 12.5 Å². The van der Waals surface area contributed by atoms with Crippen molar-refractivity contribution in [3.05, 3.63) is 58.9 Å². The van der Waals surface area contributed by atoms with E-state index in [1.165, 1.54) is 19.8 Å². The van der Waals surface area contributed by atoms with Crippen molar-refractivity contribution in [2.24, 2.45) is 0 Å². The highest BCUT2D eigenvalue weighted by Gasteiger charge is 2.13. The molecular formula is C19H21N5O3. The fraction of sp³-hybridized carbons (Fsp3) is 0.263. The number of aryl methyl sites for hydroxylation is 2. The van der Waals surface area contributed by atoms with E-state index in [9.17, 15) is 4.79 Å². The second kappa shape index (κ2) is 7.86. The Bertz CT molecular complexity index is 945. The van der Waals surface area contributed by atoms with E-state index in [1.54, 1.807) is 22.9 Å². The molecule has 8 heteroatoms. The first kappa shape index (κ1) is 18.4. The van der Waals surface area contributed by atoms with Gasteiger partial charge in [-0.2, -0.15) is 4.68 Å². The number of amides is 1. The minimum Gasteiger partial charge on any atom is -0.497 e. The molecule has 0 aliphatic rings. The lowest BCUT2D eigenvalue weighted by Crippen LogP contribution is -2.24. The zero-order chi connectivity index (χ0) is 19.4. The number of aromatic nitrogens is 4. The van der Waals surface area contributed by atoms with Crippen molar-refractivity contribution in [2.45, 2.75) is 20.4 Å². The summed E-state index contributed by atoms with van der Waals surface area (Å²) in [5.74, 6) is 1.34. The normalized spacial score (nSPS) is 10.5. The Morgan fingerprint density at radius 2 is 1.74 bits per heavy atom. The monoisotopic (exact) mass is 367 g/mol. The summed E-state index contributed by atoms with van der Waals surface area (Å²) in [6, 6.07) is 10.9. The quantitative estimate of drug-likeness (QED) is 0.718. The van der Waals surface area contributed by atoms with Crippen LogP contribution in [0, 0.1) is 13.8 Å². The minimum atomic E-state index is -0.276. The van der Waals surface area contributed by atoms with Gasteiger partial charge in [-0.15, -0.1) is 5.10 Å². The van der Waals surface area contributed by atoms with Crippen LogP contribution in [0.3, 0.4) is 0 Å². The maximum atomic E-state index is 12.5. The van der Waals surface area contributed by atoms with Crippen LogP contribution in [0.2, 0.25) is 0 Å². The van der Waals surface area contributed by atoms with Crippen LogP contribution in [0.1, 0.15) is 27.3 Å². The number of nitrogens with zero attached hydrogens (tertiary/aromatic N) is 4. The molecule has 3 rings (SSSR count). The van der Waals surface area contributed by atoms with Crippen LogP contribution in [0.5, 0.6) is 11.5 Å². The maximum Gasteiger partial charge on any atom is 0.251 e. The molecule has 1 aromatic heterocycles. The van der Waals surface area contributed by atoms with Crippen molar-refractivity contribution >= 4 is 5.91 Å². The molecule has 0 bridgehead atoms. The first-order valence-corrected chi connectivity index (χ1v) is 8.38. The molecule has 0 spiro atoms. The van der Waals surface area contributed by atoms with E-state index in [4.69, 9.17) is 9.47 Å². The lowest BCUT2D eigenvalue weighted by Gasteiger charge is -2.10. The van der Waals surface area contributed by atoms with Crippen LogP contribution >= 0.6 is 0 Å². The van der Waals surface area contributed by atoms with Gasteiger partial charge in [0.1, 0.15) is 11.5 Å². The Hall–Kier alpha value is -3.42. The summed E-state index contributed by atoms with van der Waals surface area (Å²) in [6.45, 7) is 4.25. The Balaban J connectivity index is 1.77. The molecule has 1 heterocycles. The van der Waals surface area contributed by atoms with Crippen molar-refractivity contribution in [3.63, 3.8) is 0 Å². The Morgan fingerprint density at radius 1 is 1.04 bits per heavy atom. The summed E-state index contributed by atoms with van der Waals surface area (Å²) in [7, 11) is 3.07. The molecule has 0 radical (unpaired) electrons. The van der Waals surface area contributed by atoms with Gasteiger partial charge in [-0.3, -0.25) is 4.79 Å². The number of carbonyl (C=O) groups is 1. The van der Waals surface area contributed by atoms with Gasteiger partial charge >= 0.3 is 0 Å². The maximum absolute atomic E-state index is 12.5. The van der Waals surface area contributed by atoms with Gasteiger partial charge in [-0.25, -0.2) is 0 Å². The number of nitrogens with one attached hydrogen (secondary N) is 1. The summed E-state index contributed by atoms with van der Waals surface area (Å²) in [6.07, 6.45) is 0. The lowest BCUT2D eigenvalue weighted by atomic mass is 10.1. The van der Waals surface area contributed by atoms with Crippen LogP contribution in [-0.4, -0.2) is 40.3 Å². The number of hydrogen-bond donors (Lipinski definition) is 1. The molecular weight excluding hydrogens is 346 g/mol. The molecule has 140 valence electrons. The largest absolute Gasteiger partial charge is 0.497 e. The third kappa shape index (κ3) is 4.05. The topological polar surface area (TPSA) is 91.2 Å². The van der Waals surface area contributed by atoms with Gasteiger partial charge in [0.25, 0.3) is 5.91 Å². The average Bonchev–Trinajstić information content (AvgIpc) is 3.16. The van der Waals surface area contributed by atoms with Gasteiger partial charge in [0.2, 0.25) is 0 Å². The third-order valence-corrected chi connectivity index (χ3v) is 4.29. The molecule has 0 atom stereocenters. The van der Waals surface area contributed by atoms with E-state index in [1.807, 2.05) is 32.0 Å². The number of methoxy groups -OCH3 is 2. The van der Waals surface area contributed by atoms with Gasteiger partial charge in [-0.05, 0) is 59.7 Å². The highest BCUT2D eigenvalue weighted by molar-refractivity contribution is 5.95. The smallest absolute Gasteiger partial charge is 0.251 e. The molecule has 0 aliphatic carbocycles. The van der Waals surface area contributed by atoms with E-state index in [0.29, 0.717) is 22.9 Å². The van der Waals surface area contributed by atoms with Crippen LogP contribution < -0.4 is 14.8 Å². The molecule has 8 nitrogen and oxygen atoms in total. The Labute approximate surface area is 157 Å². The first-order chi connectivity index (χ1) is 13.0. The highest BCUT2D eigenvalue weighted by Crippen LogP contribution is 2.22. The van der Waals surface area contributed by atoms with Crippen LogP contribution in [0.15, 0.2) is 36.4 Å². The molecule has 27 heavy (non-hydrogen) atoms. The van der Waals surface area contributed by atoms with Gasteiger partial charge in [0.15, 0.2) is 5.82 Å². The molecule has 0 aliphatic heterocycles. The predicted molar refractivity (Wildman–Crippen MR) is 99.3 cm³/mol. The van der Waals surface area contributed by atoms with Crippen LogP contribution in [0.25, 0.3) is 5.69 Å². The number of carbonyl (C=O) groups excluding carboxylic acids is 1. The number of rotatable bonds is 6. The van der Waals surface area contributed by atoms with Gasteiger partial charge in [-0.1, -0.05) is 6.07 Å². The van der Waals surface area contributed by atoms with E-state index < -0.39 is 0 Å². The van der Waals surface area contributed by atoms with E-state index in [2.05, 4.69) is 20.8 Å². The summed E-state index contributed by atoms with van der Waals surface area (Å²) in [5, 5.41) is 14.6. The zero-order valence-corrected chi connectivity index (χ0v) is 15.7. The van der Waals surface area contributed by atoms with Crippen LogP contribution in [-0.2, 0) is 6.54 Å². The lowest BCUT2D eigenvalue weighted by molar-refractivity contribution is 0.0949. The van der Waals surface area contributed by atoms with E-state index >= 15 is 0 Å². The molecule has 3 aromatic rings. The summed E-state index contributed by atoms with van der Waals surface area (Å²) in [4.78, 5) is 12.5. The number of hydrogen-bond acceptors (Lipinski definition) is 6. The number of ether oxygens (including phenoxy) is 2. The minimum absolute atomic E-state index is 0.179. The highest BCUT2D eigenvalue weighted by atomic mass is 16.5. The SMILES string of the molecule is COc1cc(OC)cc(C(=O)NCc2nnnn2-c2ccc(C)c(C)c2)c1. The van der Waals surface area contributed by atoms with Crippen molar-refractivity contribution in [3.8, 4) is 17.2 Å². The molecule has 0 saturated heterocycles. The van der Waals surface area contributed by atoms with Gasteiger partial charge in [0.05, 0.1) is 26.5 Å². The Morgan fingerprint density at radius 3 is 2.37 bits per heavy atom. The predicted octanol–water partition coefficient (Wildman–Crippen LogP) is 2.23. The number of tetrazole rings is 1.